The van der Waals surface area contributed by atoms with E-state index in [9.17, 15) is 14.0 Å². The molecule has 7 nitrogen and oxygen atoms in total. The molecule has 9 heteroatoms. The molecule has 2 amide bonds. The summed E-state index contributed by atoms with van der Waals surface area (Å²) in [6.07, 6.45) is 2.15. The summed E-state index contributed by atoms with van der Waals surface area (Å²) in [5.74, 6) is -0.283. The van der Waals surface area contributed by atoms with Crippen molar-refractivity contribution in [2.75, 3.05) is 25.6 Å². The van der Waals surface area contributed by atoms with E-state index >= 15 is 0 Å². The van der Waals surface area contributed by atoms with Gasteiger partial charge in [-0.15, -0.1) is 0 Å². The van der Waals surface area contributed by atoms with Crippen LogP contribution in [0.5, 0.6) is 5.75 Å². The lowest BCUT2D eigenvalue weighted by atomic mass is 9.92. The van der Waals surface area contributed by atoms with Crippen molar-refractivity contribution in [2.45, 2.75) is 56.5 Å². The van der Waals surface area contributed by atoms with Gasteiger partial charge in [-0.2, -0.15) is 0 Å². The number of anilines is 1. The van der Waals surface area contributed by atoms with Gasteiger partial charge >= 0.3 is 0 Å². The van der Waals surface area contributed by atoms with Crippen molar-refractivity contribution < 1.29 is 23.5 Å². The van der Waals surface area contributed by atoms with Crippen LogP contribution in [0.3, 0.4) is 0 Å². The fourth-order valence-electron chi connectivity index (χ4n) is 3.66. The smallest absolute Gasteiger partial charge is 0.251 e. The van der Waals surface area contributed by atoms with E-state index in [1.54, 1.807) is 19.2 Å². The topological polar surface area (TPSA) is 88.7 Å². The van der Waals surface area contributed by atoms with Crippen molar-refractivity contribution in [1.82, 2.24) is 10.0 Å². The van der Waals surface area contributed by atoms with Gasteiger partial charge < -0.3 is 20.1 Å². The van der Waals surface area contributed by atoms with Crippen LogP contribution in [0.25, 0.3) is 0 Å². The predicted molar refractivity (Wildman–Crippen MR) is 136 cm³/mol. The van der Waals surface area contributed by atoms with Gasteiger partial charge in [-0.25, -0.2) is 4.39 Å². The highest BCUT2D eigenvalue weighted by molar-refractivity contribution is 7.97. The Morgan fingerprint density at radius 3 is 2.46 bits per heavy atom. The quantitative estimate of drug-likeness (QED) is 0.427. The molecule has 190 valence electrons. The third-order valence-corrected chi connectivity index (χ3v) is 6.81. The first kappa shape index (κ1) is 27.0. The van der Waals surface area contributed by atoms with Crippen LogP contribution in [0, 0.1) is 11.7 Å². The zero-order chi connectivity index (χ0) is 25.4. The summed E-state index contributed by atoms with van der Waals surface area (Å²) in [4.78, 5) is 27.0. The third-order valence-electron chi connectivity index (χ3n) is 5.54. The minimum atomic E-state index is -0.752. The number of benzene rings is 2. The normalized spacial score (nSPS) is 15.3. The van der Waals surface area contributed by atoms with Crippen molar-refractivity contribution in [1.29, 1.82) is 0 Å². The maximum absolute atomic E-state index is 13.3. The summed E-state index contributed by atoms with van der Waals surface area (Å²) < 4.78 is 27.6. The minimum absolute atomic E-state index is 0.0807. The number of carbonyl (C=O) groups excluding carboxylic acids is 2. The molecule has 0 bridgehead atoms. The van der Waals surface area contributed by atoms with E-state index in [0.29, 0.717) is 36.6 Å². The van der Waals surface area contributed by atoms with E-state index in [0.717, 1.165) is 17.7 Å². The van der Waals surface area contributed by atoms with E-state index in [-0.39, 0.29) is 17.4 Å². The second kappa shape index (κ2) is 12.4. The molecule has 2 aromatic carbocycles. The molecule has 1 saturated heterocycles. The van der Waals surface area contributed by atoms with Crippen LogP contribution >= 0.6 is 11.9 Å². The second-order valence-electron chi connectivity index (χ2n) is 9.63. The molecule has 1 unspecified atom stereocenters. The van der Waals surface area contributed by atoms with Crippen molar-refractivity contribution in [2.24, 2.45) is 5.92 Å². The van der Waals surface area contributed by atoms with Gasteiger partial charge in [0.05, 0.1) is 12.0 Å². The Labute approximate surface area is 210 Å². The minimum Gasteiger partial charge on any atom is -0.495 e. The van der Waals surface area contributed by atoms with Crippen LogP contribution in [0.1, 0.15) is 50.4 Å². The van der Waals surface area contributed by atoms with Crippen LogP contribution in [-0.2, 0) is 9.53 Å². The molecule has 3 rings (SSSR count). The SMILES string of the molecule is COc1cc(NC(=O)C(CC2CCOCC2)NC(=O)c2ccc(F)cc2)ccc1SNC(C)(C)C. The fraction of sp³-hybridized carbons (Fsp3) is 0.462. The van der Waals surface area contributed by atoms with Crippen molar-refractivity contribution in [3.63, 3.8) is 0 Å². The molecule has 0 aromatic heterocycles. The zero-order valence-electron chi connectivity index (χ0n) is 20.7. The van der Waals surface area contributed by atoms with Crippen molar-refractivity contribution in [3.8, 4) is 5.75 Å². The summed E-state index contributed by atoms with van der Waals surface area (Å²) in [7, 11) is 1.58. The van der Waals surface area contributed by atoms with E-state index in [1.807, 2.05) is 6.07 Å². The second-order valence-corrected chi connectivity index (χ2v) is 10.5. The number of hydrogen-bond acceptors (Lipinski definition) is 6. The number of rotatable bonds is 9. The number of ether oxygens (including phenoxy) is 2. The van der Waals surface area contributed by atoms with Gasteiger partial charge in [0, 0.05) is 36.1 Å². The van der Waals surface area contributed by atoms with E-state index in [1.165, 1.54) is 36.2 Å². The molecular formula is C26H34FN3O4S. The van der Waals surface area contributed by atoms with Gasteiger partial charge in [-0.1, -0.05) is 0 Å². The Hall–Kier alpha value is -2.62. The Morgan fingerprint density at radius 2 is 1.83 bits per heavy atom. The van der Waals surface area contributed by atoms with Gasteiger partial charge in [0.2, 0.25) is 5.91 Å². The standard InChI is InChI=1S/C26H34FN3O4S/c1-26(2,3)30-35-23-10-9-20(16-22(23)33-4)28-25(32)21(15-17-11-13-34-14-12-17)29-24(31)18-5-7-19(27)8-6-18/h5-10,16-17,21,30H,11-15H2,1-4H3,(H,28,32)(H,29,31). The average molecular weight is 504 g/mol. The molecule has 35 heavy (non-hydrogen) atoms. The lowest BCUT2D eigenvalue weighted by Crippen LogP contribution is -2.45. The van der Waals surface area contributed by atoms with Crippen LogP contribution in [-0.4, -0.2) is 43.7 Å². The molecule has 1 atom stereocenters. The van der Waals surface area contributed by atoms with Gasteiger partial charge in [0.1, 0.15) is 17.6 Å². The fourth-order valence-corrected chi connectivity index (χ4v) is 4.45. The number of hydrogen-bond donors (Lipinski definition) is 3. The number of carbonyl (C=O) groups is 2. The zero-order valence-corrected chi connectivity index (χ0v) is 21.5. The molecule has 1 heterocycles. The highest BCUT2D eigenvalue weighted by Gasteiger charge is 2.27. The molecule has 1 aliphatic heterocycles. The lowest BCUT2D eigenvalue weighted by molar-refractivity contribution is -0.118. The first-order valence-electron chi connectivity index (χ1n) is 11.7. The summed E-state index contributed by atoms with van der Waals surface area (Å²) >= 11 is 1.46. The summed E-state index contributed by atoms with van der Waals surface area (Å²) in [5.41, 5.74) is 0.786. The predicted octanol–water partition coefficient (Wildman–Crippen LogP) is 4.78. The highest BCUT2D eigenvalue weighted by Crippen LogP contribution is 2.31. The summed E-state index contributed by atoms with van der Waals surface area (Å²) in [6.45, 7) is 7.49. The first-order valence-corrected chi connectivity index (χ1v) is 12.5. The van der Waals surface area contributed by atoms with Crippen LogP contribution in [0.15, 0.2) is 47.4 Å². The molecule has 1 aliphatic rings. The molecule has 0 aliphatic carbocycles. The van der Waals surface area contributed by atoms with Crippen LogP contribution in [0.2, 0.25) is 0 Å². The molecular weight excluding hydrogens is 469 g/mol. The van der Waals surface area contributed by atoms with Crippen molar-refractivity contribution >= 4 is 29.4 Å². The van der Waals surface area contributed by atoms with E-state index in [4.69, 9.17) is 9.47 Å². The van der Waals surface area contributed by atoms with Gasteiger partial charge in [0.15, 0.2) is 0 Å². The summed E-state index contributed by atoms with van der Waals surface area (Å²) in [5, 5.41) is 5.75. The van der Waals surface area contributed by atoms with Crippen LogP contribution in [0.4, 0.5) is 10.1 Å². The van der Waals surface area contributed by atoms with Crippen molar-refractivity contribution in [3.05, 3.63) is 53.8 Å². The lowest BCUT2D eigenvalue weighted by Gasteiger charge is -2.27. The number of nitrogens with one attached hydrogen (secondary N) is 3. The first-order chi connectivity index (χ1) is 16.6. The number of amides is 2. The summed E-state index contributed by atoms with van der Waals surface area (Å²) in [6, 6.07) is 9.95. The van der Waals surface area contributed by atoms with E-state index < -0.39 is 17.8 Å². The van der Waals surface area contributed by atoms with Gasteiger partial charge in [-0.3, -0.25) is 14.3 Å². The number of methoxy groups -OCH3 is 1. The monoisotopic (exact) mass is 503 g/mol. The maximum Gasteiger partial charge on any atom is 0.251 e. The maximum atomic E-state index is 13.3. The Morgan fingerprint density at radius 1 is 1.14 bits per heavy atom. The third kappa shape index (κ3) is 8.52. The molecule has 1 fully saturated rings. The largest absolute Gasteiger partial charge is 0.495 e. The molecule has 0 spiro atoms. The van der Waals surface area contributed by atoms with Gasteiger partial charge in [0.25, 0.3) is 5.91 Å². The molecule has 0 saturated carbocycles. The Balaban J connectivity index is 1.73. The van der Waals surface area contributed by atoms with E-state index in [2.05, 4.69) is 36.1 Å². The number of halogens is 1. The molecule has 0 radical (unpaired) electrons. The molecule has 2 aromatic rings. The highest BCUT2D eigenvalue weighted by atomic mass is 32.2. The molecule has 3 N–H and O–H groups in total. The van der Waals surface area contributed by atoms with Gasteiger partial charge in [-0.05, 0) is 94.3 Å². The van der Waals surface area contributed by atoms with Crippen LogP contribution < -0.4 is 20.1 Å². The Kier molecular flexibility index (Phi) is 9.54. The Bertz CT molecular complexity index is 1000. The average Bonchev–Trinajstić information content (AvgIpc) is 2.83.